The Balaban J connectivity index is 1.44. The second kappa shape index (κ2) is 9.87. The van der Waals surface area contributed by atoms with E-state index in [0.717, 1.165) is 34.7 Å². The number of aryl methyl sites for hydroxylation is 1. The molecule has 208 valence electrons. The number of carbonyl (C=O) groups excluding carboxylic acids is 2. The maximum Gasteiger partial charge on any atom is 0.261 e. The first-order valence-corrected chi connectivity index (χ1v) is 17.1. The van der Waals surface area contributed by atoms with E-state index >= 15 is 0 Å². The number of ether oxygens (including phenoxy) is 2. The van der Waals surface area contributed by atoms with E-state index < -0.39 is 13.7 Å². The van der Waals surface area contributed by atoms with E-state index in [9.17, 15) is 14.7 Å². The Labute approximate surface area is 236 Å². The first-order chi connectivity index (χ1) is 19.2. The highest BCUT2D eigenvalue weighted by atomic mass is 28.3. The van der Waals surface area contributed by atoms with E-state index in [2.05, 4.69) is 43.5 Å². The predicted molar refractivity (Wildman–Crippen MR) is 158 cm³/mol. The maximum absolute atomic E-state index is 13.9. The van der Waals surface area contributed by atoms with Crippen molar-refractivity contribution < 1.29 is 24.2 Å². The standard InChI is InChI=1S/C32H36N2O5Si/c1-20-30(40(3,4)24-13-11-23(38-2)12-14-24)28(17-18-35)39-32(20)25-19-22(10-15-26(25)33-31(32)37)34-27-8-6-5-7-21(27)9-16-29(34)36/h5-8,10-15,19-20,28,30,35H,9,16-18H2,1-4H3,(H,33,37)/t20-,28+,30-,32+/m1/s1. The monoisotopic (exact) mass is 556 g/mol. The first-order valence-electron chi connectivity index (χ1n) is 14.0. The lowest BCUT2D eigenvalue weighted by Gasteiger charge is -2.37. The van der Waals surface area contributed by atoms with Crippen molar-refractivity contribution in [2.24, 2.45) is 5.92 Å². The molecule has 0 radical (unpaired) electrons. The zero-order valence-corrected chi connectivity index (χ0v) is 24.4. The van der Waals surface area contributed by atoms with Crippen molar-refractivity contribution in [1.29, 1.82) is 0 Å². The van der Waals surface area contributed by atoms with Crippen molar-refractivity contribution in [1.82, 2.24) is 0 Å². The molecule has 2 N–H and O–H groups in total. The topological polar surface area (TPSA) is 88.1 Å². The molecule has 3 aliphatic rings. The molecule has 8 heteroatoms. The van der Waals surface area contributed by atoms with Crippen LogP contribution in [0.25, 0.3) is 0 Å². The van der Waals surface area contributed by atoms with Crippen LogP contribution in [0.1, 0.15) is 30.9 Å². The molecule has 6 rings (SSSR count). The molecule has 4 atom stereocenters. The van der Waals surface area contributed by atoms with E-state index in [-0.39, 0.29) is 36.0 Å². The zero-order valence-electron chi connectivity index (χ0n) is 23.4. The Morgan fingerprint density at radius 3 is 2.55 bits per heavy atom. The number of hydrogen-bond acceptors (Lipinski definition) is 5. The molecule has 0 aliphatic carbocycles. The van der Waals surface area contributed by atoms with Crippen molar-refractivity contribution in [2.45, 2.75) is 56.5 Å². The highest BCUT2D eigenvalue weighted by Gasteiger charge is 2.64. The molecular weight excluding hydrogens is 520 g/mol. The highest BCUT2D eigenvalue weighted by Crippen LogP contribution is 2.59. The minimum Gasteiger partial charge on any atom is -0.497 e. The van der Waals surface area contributed by atoms with Crippen molar-refractivity contribution in [2.75, 3.05) is 23.9 Å². The van der Waals surface area contributed by atoms with Gasteiger partial charge in [-0.15, -0.1) is 0 Å². The number of carbonyl (C=O) groups is 2. The Morgan fingerprint density at radius 1 is 1.07 bits per heavy atom. The fraction of sp³-hybridized carbons (Fsp3) is 0.375. The molecule has 3 aromatic rings. The molecule has 3 aromatic carbocycles. The summed E-state index contributed by atoms with van der Waals surface area (Å²) in [6, 6.07) is 21.9. The number of benzene rings is 3. The van der Waals surface area contributed by atoms with Crippen LogP contribution in [0.5, 0.6) is 5.75 Å². The van der Waals surface area contributed by atoms with Crippen LogP contribution < -0.4 is 20.1 Å². The van der Waals surface area contributed by atoms with Crippen LogP contribution in [-0.4, -0.2) is 44.8 Å². The van der Waals surface area contributed by atoms with Crippen LogP contribution in [-0.2, 0) is 26.3 Å². The van der Waals surface area contributed by atoms with Gasteiger partial charge in [0.15, 0.2) is 5.60 Å². The summed E-state index contributed by atoms with van der Waals surface area (Å²) >= 11 is 0. The third kappa shape index (κ3) is 3.92. The lowest BCUT2D eigenvalue weighted by Crippen LogP contribution is -2.51. The molecule has 1 saturated heterocycles. The molecule has 1 spiro atoms. The summed E-state index contributed by atoms with van der Waals surface area (Å²) in [5, 5.41) is 14.4. The minimum atomic E-state index is -2.23. The van der Waals surface area contributed by atoms with Gasteiger partial charge < -0.3 is 19.9 Å². The predicted octanol–water partition coefficient (Wildman–Crippen LogP) is 4.86. The molecular formula is C32H36N2O5Si. The lowest BCUT2D eigenvalue weighted by molar-refractivity contribution is -0.143. The van der Waals surface area contributed by atoms with Crippen molar-refractivity contribution in [3.05, 3.63) is 77.9 Å². The van der Waals surface area contributed by atoms with Crippen LogP contribution in [0.4, 0.5) is 17.1 Å². The van der Waals surface area contributed by atoms with Gasteiger partial charge >= 0.3 is 0 Å². The molecule has 1 fully saturated rings. The molecule has 0 bridgehead atoms. The van der Waals surface area contributed by atoms with E-state index in [1.807, 2.05) is 48.5 Å². The second-order valence-electron chi connectivity index (χ2n) is 11.7. The number of hydrogen-bond donors (Lipinski definition) is 2. The quantitative estimate of drug-likeness (QED) is 0.424. The van der Waals surface area contributed by atoms with Gasteiger partial charge in [-0.05, 0) is 60.3 Å². The molecule has 0 saturated carbocycles. The number of amides is 2. The SMILES string of the molecule is COc1ccc([Si](C)(C)[C@H]2[C@H](CCO)O[C@@]3(C(=O)Nc4ccc(N5C(=O)CCc6ccccc65)cc43)[C@@H]2C)cc1. The number of aliphatic hydroxyl groups excluding tert-OH is 1. The third-order valence-electron chi connectivity index (χ3n) is 9.34. The molecule has 0 unspecified atom stereocenters. The summed E-state index contributed by atoms with van der Waals surface area (Å²) in [5.41, 5.74) is 3.09. The summed E-state index contributed by atoms with van der Waals surface area (Å²) < 4.78 is 12.2. The zero-order chi connectivity index (χ0) is 28.2. The largest absolute Gasteiger partial charge is 0.497 e. The van der Waals surface area contributed by atoms with E-state index in [0.29, 0.717) is 18.5 Å². The number of methoxy groups -OCH3 is 1. The highest BCUT2D eigenvalue weighted by molar-refractivity contribution is 6.91. The van der Waals surface area contributed by atoms with Crippen molar-refractivity contribution in [3.8, 4) is 5.75 Å². The van der Waals surface area contributed by atoms with Crippen LogP contribution in [0.15, 0.2) is 66.7 Å². The van der Waals surface area contributed by atoms with Gasteiger partial charge in [0.25, 0.3) is 5.91 Å². The summed E-state index contributed by atoms with van der Waals surface area (Å²) in [4.78, 5) is 28.9. The van der Waals surface area contributed by atoms with E-state index in [1.54, 1.807) is 12.0 Å². The van der Waals surface area contributed by atoms with E-state index in [4.69, 9.17) is 9.47 Å². The Morgan fingerprint density at radius 2 is 1.82 bits per heavy atom. The number of nitrogens with one attached hydrogen (secondary N) is 1. The van der Waals surface area contributed by atoms with Gasteiger partial charge in [-0.1, -0.05) is 55.5 Å². The maximum atomic E-state index is 13.9. The molecule has 0 aromatic heterocycles. The van der Waals surface area contributed by atoms with Gasteiger partial charge in [-0.2, -0.15) is 0 Å². The summed E-state index contributed by atoms with van der Waals surface area (Å²) in [7, 11) is -0.572. The fourth-order valence-electron chi connectivity index (χ4n) is 7.37. The van der Waals surface area contributed by atoms with Gasteiger partial charge in [0.05, 0.1) is 27.0 Å². The summed E-state index contributed by atoms with van der Waals surface area (Å²) in [6.45, 7) is 6.72. The fourth-order valence-corrected chi connectivity index (χ4v) is 11.4. The number of fused-ring (bicyclic) bond motifs is 3. The van der Waals surface area contributed by atoms with Crippen molar-refractivity contribution in [3.63, 3.8) is 0 Å². The summed E-state index contributed by atoms with van der Waals surface area (Å²) in [5.74, 6) is 0.503. The van der Waals surface area contributed by atoms with E-state index in [1.165, 1.54) is 5.19 Å². The summed E-state index contributed by atoms with van der Waals surface area (Å²) in [6.07, 6.45) is 1.31. The average Bonchev–Trinajstić information content (AvgIpc) is 3.41. The van der Waals surface area contributed by atoms with Crippen LogP contribution in [0, 0.1) is 5.92 Å². The van der Waals surface area contributed by atoms with Gasteiger partial charge in [-0.3, -0.25) is 14.5 Å². The van der Waals surface area contributed by atoms with Crippen LogP contribution in [0.3, 0.4) is 0 Å². The smallest absolute Gasteiger partial charge is 0.261 e. The lowest BCUT2D eigenvalue weighted by atomic mass is 9.82. The molecule has 40 heavy (non-hydrogen) atoms. The molecule has 3 heterocycles. The Kier molecular flexibility index (Phi) is 6.60. The van der Waals surface area contributed by atoms with Gasteiger partial charge in [0, 0.05) is 35.9 Å². The van der Waals surface area contributed by atoms with Gasteiger partial charge in [0.1, 0.15) is 5.75 Å². The number of rotatable bonds is 6. The molecule has 2 amide bonds. The number of anilines is 3. The molecule has 3 aliphatic heterocycles. The third-order valence-corrected chi connectivity index (χ3v) is 13.7. The first kappa shape index (κ1) is 26.7. The number of para-hydroxylation sites is 1. The van der Waals surface area contributed by atoms with Gasteiger partial charge in [-0.25, -0.2) is 0 Å². The minimum absolute atomic E-state index is 0.0232. The number of aliphatic hydroxyl groups is 1. The van der Waals surface area contributed by atoms with Gasteiger partial charge in [0.2, 0.25) is 5.91 Å². The number of nitrogens with zero attached hydrogens (tertiary/aromatic N) is 1. The second-order valence-corrected chi connectivity index (χ2v) is 16.4. The average molecular weight is 557 g/mol. The van der Waals surface area contributed by atoms with Crippen LogP contribution in [0.2, 0.25) is 18.6 Å². The Bertz CT molecular complexity index is 1470. The van der Waals surface area contributed by atoms with Crippen molar-refractivity contribution >= 4 is 42.1 Å². The van der Waals surface area contributed by atoms with Crippen LogP contribution >= 0.6 is 0 Å². The normalized spacial score (nSPS) is 25.6. The Hall–Kier alpha value is -3.46. The molecule has 7 nitrogen and oxygen atoms in total.